The summed E-state index contributed by atoms with van der Waals surface area (Å²) in [4.78, 5) is 4.86. The van der Waals surface area contributed by atoms with E-state index in [0.717, 1.165) is 44.2 Å². The molecule has 3 aromatic rings. The van der Waals surface area contributed by atoms with E-state index in [0.29, 0.717) is 0 Å². The van der Waals surface area contributed by atoms with Crippen molar-refractivity contribution in [2.45, 2.75) is 13.5 Å². The van der Waals surface area contributed by atoms with Gasteiger partial charge in [0.25, 0.3) is 0 Å². The Balaban J connectivity index is 1.41. The van der Waals surface area contributed by atoms with Crippen molar-refractivity contribution in [3.8, 4) is 5.69 Å². The Morgan fingerprint density at radius 1 is 0.880 bits per heavy atom. The number of piperazine rings is 1. The number of hydrogen-bond acceptors (Lipinski definition) is 5. The Morgan fingerprint density at radius 3 is 2.40 bits per heavy atom. The maximum Gasteiger partial charge on any atom is 0.170 e. The van der Waals surface area contributed by atoms with E-state index < -0.39 is 0 Å². The zero-order valence-electron chi connectivity index (χ0n) is 14.4. The molecule has 0 saturated carbocycles. The molecule has 0 atom stereocenters. The largest absolute Gasteiger partial charge is 0.369 e. The summed E-state index contributed by atoms with van der Waals surface area (Å²) >= 11 is 0. The number of hydrogen-bond donors (Lipinski definition) is 0. The number of rotatable bonds is 4. The van der Waals surface area contributed by atoms with E-state index in [2.05, 4.69) is 56.5 Å². The molecule has 1 aromatic heterocycles. The second-order valence-electron chi connectivity index (χ2n) is 6.44. The van der Waals surface area contributed by atoms with Gasteiger partial charge in [-0.3, -0.25) is 4.90 Å². The fraction of sp³-hybridized carbons (Fsp3) is 0.316. The van der Waals surface area contributed by atoms with E-state index in [9.17, 15) is 0 Å². The summed E-state index contributed by atoms with van der Waals surface area (Å²) in [5, 5.41) is 12.2. The maximum absolute atomic E-state index is 4.22. The molecule has 0 N–H and O–H groups in total. The molecular formula is C19H22N6. The van der Waals surface area contributed by atoms with Crippen LogP contribution in [-0.2, 0) is 6.54 Å². The maximum atomic E-state index is 4.22. The molecule has 4 rings (SSSR count). The SMILES string of the molecule is Cc1cccc(N2CCN(Cc3nnnn3-c3ccccc3)CC2)c1. The van der Waals surface area contributed by atoms with Crippen LogP contribution in [-0.4, -0.2) is 51.3 Å². The van der Waals surface area contributed by atoms with Crippen LogP contribution in [0.1, 0.15) is 11.4 Å². The monoisotopic (exact) mass is 334 g/mol. The van der Waals surface area contributed by atoms with Crippen LogP contribution in [0.2, 0.25) is 0 Å². The van der Waals surface area contributed by atoms with Crippen LogP contribution in [0.25, 0.3) is 5.69 Å². The highest BCUT2D eigenvalue weighted by molar-refractivity contribution is 5.48. The summed E-state index contributed by atoms with van der Waals surface area (Å²) in [5.74, 6) is 0.884. The molecular weight excluding hydrogens is 312 g/mol. The zero-order chi connectivity index (χ0) is 17.1. The van der Waals surface area contributed by atoms with Crippen molar-refractivity contribution in [3.05, 3.63) is 66.0 Å². The summed E-state index contributed by atoms with van der Waals surface area (Å²) in [6.45, 7) is 6.98. The lowest BCUT2D eigenvalue weighted by Crippen LogP contribution is -2.46. The molecule has 25 heavy (non-hydrogen) atoms. The predicted molar refractivity (Wildman–Crippen MR) is 97.8 cm³/mol. The molecule has 2 aromatic carbocycles. The third-order valence-corrected chi connectivity index (χ3v) is 4.64. The lowest BCUT2D eigenvalue weighted by Gasteiger charge is -2.35. The molecule has 1 saturated heterocycles. The summed E-state index contributed by atoms with van der Waals surface area (Å²) in [6.07, 6.45) is 0. The van der Waals surface area contributed by atoms with Crippen LogP contribution in [0.4, 0.5) is 5.69 Å². The van der Waals surface area contributed by atoms with Gasteiger partial charge in [0.1, 0.15) is 0 Å². The Labute approximate surface area is 147 Å². The molecule has 6 nitrogen and oxygen atoms in total. The summed E-state index contributed by atoms with van der Waals surface area (Å²) < 4.78 is 1.83. The van der Waals surface area contributed by atoms with E-state index in [4.69, 9.17) is 0 Å². The average molecular weight is 334 g/mol. The number of benzene rings is 2. The van der Waals surface area contributed by atoms with Crippen LogP contribution in [0.5, 0.6) is 0 Å². The van der Waals surface area contributed by atoms with Crippen LogP contribution < -0.4 is 4.90 Å². The topological polar surface area (TPSA) is 50.1 Å². The summed E-state index contributed by atoms with van der Waals surface area (Å²) in [6, 6.07) is 18.8. The van der Waals surface area contributed by atoms with Crippen molar-refractivity contribution < 1.29 is 0 Å². The summed E-state index contributed by atoms with van der Waals surface area (Å²) in [5.41, 5.74) is 3.62. The minimum absolute atomic E-state index is 0.767. The number of anilines is 1. The van der Waals surface area contributed by atoms with Gasteiger partial charge in [0, 0.05) is 31.9 Å². The third kappa shape index (κ3) is 3.53. The first kappa shape index (κ1) is 15.8. The molecule has 1 fully saturated rings. The lowest BCUT2D eigenvalue weighted by molar-refractivity contribution is 0.242. The van der Waals surface area contributed by atoms with Crippen molar-refractivity contribution >= 4 is 5.69 Å². The van der Waals surface area contributed by atoms with Crippen LogP contribution in [0, 0.1) is 6.92 Å². The first-order chi connectivity index (χ1) is 12.3. The molecule has 0 amide bonds. The van der Waals surface area contributed by atoms with Gasteiger partial charge in [-0.25, -0.2) is 0 Å². The van der Waals surface area contributed by atoms with Crippen molar-refractivity contribution in [1.29, 1.82) is 0 Å². The van der Waals surface area contributed by atoms with E-state index in [1.54, 1.807) is 0 Å². The number of aromatic nitrogens is 4. The van der Waals surface area contributed by atoms with E-state index in [1.807, 2.05) is 35.0 Å². The van der Waals surface area contributed by atoms with Crippen molar-refractivity contribution in [1.82, 2.24) is 25.1 Å². The van der Waals surface area contributed by atoms with Gasteiger partial charge in [-0.2, -0.15) is 4.68 Å². The fourth-order valence-electron chi connectivity index (χ4n) is 3.26. The number of tetrazole rings is 1. The third-order valence-electron chi connectivity index (χ3n) is 4.64. The molecule has 0 radical (unpaired) electrons. The minimum Gasteiger partial charge on any atom is -0.369 e. The Kier molecular flexibility index (Phi) is 4.43. The van der Waals surface area contributed by atoms with Gasteiger partial charge < -0.3 is 4.90 Å². The van der Waals surface area contributed by atoms with Gasteiger partial charge in [0.05, 0.1) is 12.2 Å². The van der Waals surface area contributed by atoms with Gasteiger partial charge in [0.15, 0.2) is 5.82 Å². The van der Waals surface area contributed by atoms with E-state index in [1.165, 1.54) is 11.3 Å². The van der Waals surface area contributed by atoms with Crippen molar-refractivity contribution in [2.24, 2.45) is 0 Å². The lowest BCUT2D eigenvalue weighted by atomic mass is 10.2. The Hall–Kier alpha value is -2.73. The zero-order valence-corrected chi connectivity index (χ0v) is 14.4. The van der Waals surface area contributed by atoms with Crippen LogP contribution >= 0.6 is 0 Å². The first-order valence-corrected chi connectivity index (χ1v) is 8.66. The smallest absolute Gasteiger partial charge is 0.170 e. The Bertz CT molecular complexity index is 821. The van der Waals surface area contributed by atoms with Gasteiger partial charge >= 0.3 is 0 Å². The molecule has 0 unspecified atom stereocenters. The molecule has 1 aliphatic heterocycles. The van der Waals surface area contributed by atoms with E-state index in [-0.39, 0.29) is 0 Å². The number of nitrogens with zero attached hydrogens (tertiary/aromatic N) is 6. The Morgan fingerprint density at radius 2 is 1.64 bits per heavy atom. The molecule has 1 aliphatic rings. The molecule has 2 heterocycles. The van der Waals surface area contributed by atoms with E-state index >= 15 is 0 Å². The first-order valence-electron chi connectivity index (χ1n) is 8.66. The highest BCUT2D eigenvalue weighted by Gasteiger charge is 2.20. The second kappa shape index (κ2) is 7.03. The molecule has 0 aliphatic carbocycles. The number of aryl methyl sites for hydroxylation is 1. The van der Waals surface area contributed by atoms with Gasteiger partial charge in [0.2, 0.25) is 0 Å². The fourth-order valence-corrected chi connectivity index (χ4v) is 3.26. The van der Waals surface area contributed by atoms with Gasteiger partial charge in [-0.15, -0.1) is 5.10 Å². The molecule has 128 valence electrons. The highest BCUT2D eigenvalue weighted by atomic mass is 15.5. The highest BCUT2D eigenvalue weighted by Crippen LogP contribution is 2.18. The number of para-hydroxylation sites is 1. The van der Waals surface area contributed by atoms with Crippen molar-refractivity contribution in [2.75, 3.05) is 31.1 Å². The molecule has 6 heteroatoms. The quantitative estimate of drug-likeness (QED) is 0.733. The molecule has 0 bridgehead atoms. The normalized spacial score (nSPS) is 15.5. The average Bonchev–Trinajstić information content (AvgIpc) is 3.11. The van der Waals surface area contributed by atoms with Gasteiger partial charge in [-0.05, 0) is 47.2 Å². The van der Waals surface area contributed by atoms with Gasteiger partial charge in [-0.1, -0.05) is 30.3 Å². The minimum atomic E-state index is 0.767. The molecule has 0 spiro atoms. The predicted octanol–water partition coefficient (Wildman–Crippen LogP) is 2.29. The van der Waals surface area contributed by atoms with Crippen LogP contribution in [0.15, 0.2) is 54.6 Å². The van der Waals surface area contributed by atoms with Crippen molar-refractivity contribution in [3.63, 3.8) is 0 Å². The summed E-state index contributed by atoms with van der Waals surface area (Å²) in [7, 11) is 0. The second-order valence-corrected chi connectivity index (χ2v) is 6.44. The van der Waals surface area contributed by atoms with Crippen LogP contribution in [0.3, 0.4) is 0 Å². The standard InChI is InChI=1S/C19H22N6/c1-16-6-5-9-18(14-16)24-12-10-23(11-13-24)15-19-20-21-22-25(19)17-7-3-2-4-8-17/h2-9,14H,10-13,15H2,1H3.